The predicted molar refractivity (Wildman–Crippen MR) is 70.3 cm³/mol. The molecule has 1 aromatic carbocycles. The Labute approximate surface area is 107 Å². The highest BCUT2D eigenvalue weighted by Gasteiger charge is 2.23. The van der Waals surface area contributed by atoms with Crippen molar-refractivity contribution < 1.29 is 4.39 Å². The van der Waals surface area contributed by atoms with E-state index in [-0.39, 0.29) is 10.8 Å². The van der Waals surface area contributed by atoms with E-state index in [2.05, 4.69) is 24.1 Å². The summed E-state index contributed by atoms with van der Waals surface area (Å²) in [5, 5.41) is 3.72. The van der Waals surface area contributed by atoms with Crippen molar-refractivity contribution in [2.24, 2.45) is 0 Å². The zero-order chi connectivity index (χ0) is 12.4. The van der Waals surface area contributed by atoms with Crippen molar-refractivity contribution in [2.75, 3.05) is 18.0 Å². The van der Waals surface area contributed by atoms with E-state index in [0.717, 1.165) is 25.2 Å². The van der Waals surface area contributed by atoms with Gasteiger partial charge in [0, 0.05) is 30.9 Å². The van der Waals surface area contributed by atoms with Crippen molar-refractivity contribution in [3.8, 4) is 0 Å². The van der Waals surface area contributed by atoms with Crippen molar-refractivity contribution in [3.63, 3.8) is 0 Å². The Bertz CT molecular complexity index is 395. The molecule has 0 bridgehead atoms. The average Bonchev–Trinajstić information content (AvgIpc) is 2.69. The lowest BCUT2D eigenvalue weighted by Crippen LogP contribution is -2.37. The van der Waals surface area contributed by atoms with Gasteiger partial charge in [-0.15, -0.1) is 0 Å². The molecule has 0 saturated carbocycles. The summed E-state index contributed by atoms with van der Waals surface area (Å²) in [5.74, 6) is -0.355. The quantitative estimate of drug-likeness (QED) is 0.894. The minimum Gasteiger partial charge on any atom is -0.370 e. The van der Waals surface area contributed by atoms with Gasteiger partial charge in [-0.1, -0.05) is 25.4 Å². The van der Waals surface area contributed by atoms with Gasteiger partial charge in [-0.3, -0.25) is 0 Å². The molecule has 0 aromatic heterocycles. The summed E-state index contributed by atoms with van der Waals surface area (Å²) in [4.78, 5) is 2.24. The maximum absolute atomic E-state index is 13.1. The molecule has 2 nitrogen and oxygen atoms in total. The molecule has 0 spiro atoms. The minimum absolute atomic E-state index is 0.197. The normalized spacial score (nSPS) is 20.3. The Kier molecular flexibility index (Phi) is 3.89. The smallest absolute Gasteiger partial charge is 0.141 e. The number of hydrogen-bond donors (Lipinski definition) is 1. The molecule has 1 aliphatic heterocycles. The summed E-state index contributed by atoms with van der Waals surface area (Å²) < 4.78 is 13.1. The van der Waals surface area contributed by atoms with Gasteiger partial charge in [0.2, 0.25) is 0 Å². The third kappa shape index (κ3) is 3.11. The fourth-order valence-electron chi connectivity index (χ4n) is 2.28. The third-order valence-corrected chi connectivity index (χ3v) is 3.32. The molecule has 1 heterocycles. The highest BCUT2D eigenvalue weighted by atomic mass is 35.5. The van der Waals surface area contributed by atoms with Gasteiger partial charge in [0.05, 0.1) is 5.02 Å². The molecule has 1 atom stereocenters. The van der Waals surface area contributed by atoms with Gasteiger partial charge in [0.15, 0.2) is 0 Å². The van der Waals surface area contributed by atoms with Crippen LogP contribution in [0.4, 0.5) is 10.1 Å². The number of rotatable bonds is 3. The van der Waals surface area contributed by atoms with Crippen LogP contribution in [0.5, 0.6) is 0 Å². The lowest BCUT2D eigenvalue weighted by molar-refractivity contribution is 0.492. The van der Waals surface area contributed by atoms with Crippen LogP contribution < -0.4 is 10.2 Å². The molecule has 1 saturated heterocycles. The molecule has 1 aliphatic rings. The van der Waals surface area contributed by atoms with Crippen LogP contribution in [0, 0.1) is 5.82 Å². The lowest BCUT2D eigenvalue weighted by atomic mass is 10.2. The summed E-state index contributed by atoms with van der Waals surface area (Å²) in [5.41, 5.74) is 1.00. The summed E-state index contributed by atoms with van der Waals surface area (Å²) in [6, 6.07) is 5.93. The van der Waals surface area contributed by atoms with Gasteiger partial charge >= 0.3 is 0 Å². The van der Waals surface area contributed by atoms with Crippen molar-refractivity contribution in [3.05, 3.63) is 29.0 Å². The van der Waals surface area contributed by atoms with E-state index in [0.29, 0.717) is 12.1 Å². The molecular weight excluding hydrogens is 239 g/mol. The summed E-state index contributed by atoms with van der Waals surface area (Å²) in [7, 11) is 0. The molecule has 4 heteroatoms. The first kappa shape index (κ1) is 12.7. The van der Waals surface area contributed by atoms with Crippen molar-refractivity contribution in [1.82, 2.24) is 5.32 Å². The van der Waals surface area contributed by atoms with Gasteiger partial charge in [-0.2, -0.15) is 0 Å². The second kappa shape index (κ2) is 5.23. The largest absolute Gasteiger partial charge is 0.370 e. The fourth-order valence-corrected chi connectivity index (χ4v) is 2.46. The van der Waals surface area contributed by atoms with Crippen molar-refractivity contribution in [2.45, 2.75) is 32.4 Å². The Balaban J connectivity index is 2.02. The van der Waals surface area contributed by atoms with Crippen LogP contribution in [0.3, 0.4) is 0 Å². The van der Waals surface area contributed by atoms with Crippen LogP contribution in [0.25, 0.3) is 0 Å². The Morgan fingerprint density at radius 3 is 2.88 bits per heavy atom. The predicted octanol–water partition coefficient (Wildman–Crippen LogP) is 3.06. The first-order valence-electron chi connectivity index (χ1n) is 6.02. The van der Waals surface area contributed by atoms with Crippen LogP contribution in [0.2, 0.25) is 5.02 Å². The van der Waals surface area contributed by atoms with Crippen LogP contribution in [-0.4, -0.2) is 25.2 Å². The molecule has 2 rings (SSSR count). The first-order chi connectivity index (χ1) is 8.06. The molecule has 17 heavy (non-hydrogen) atoms. The molecular formula is C13H18ClFN2. The monoisotopic (exact) mass is 256 g/mol. The number of anilines is 1. The van der Waals surface area contributed by atoms with Crippen LogP contribution >= 0.6 is 11.6 Å². The molecule has 0 amide bonds. The minimum atomic E-state index is -0.355. The number of hydrogen-bond acceptors (Lipinski definition) is 2. The zero-order valence-corrected chi connectivity index (χ0v) is 11.0. The molecule has 1 fully saturated rings. The summed E-state index contributed by atoms with van der Waals surface area (Å²) in [6.07, 6.45) is 1.12. The van der Waals surface area contributed by atoms with Gasteiger partial charge in [0.1, 0.15) is 5.82 Å². The first-order valence-corrected chi connectivity index (χ1v) is 6.40. The molecule has 0 aliphatic carbocycles. The molecule has 0 radical (unpaired) electrons. The van der Waals surface area contributed by atoms with E-state index in [4.69, 9.17) is 11.6 Å². The zero-order valence-electron chi connectivity index (χ0n) is 10.2. The van der Waals surface area contributed by atoms with Crippen LogP contribution in [-0.2, 0) is 0 Å². The van der Waals surface area contributed by atoms with Gasteiger partial charge in [0.25, 0.3) is 0 Å². The molecule has 1 unspecified atom stereocenters. The van der Waals surface area contributed by atoms with E-state index >= 15 is 0 Å². The number of benzene rings is 1. The second-order valence-corrected chi connectivity index (χ2v) is 5.26. The summed E-state index contributed by atoms with van der Waals surface area (Å²) in [6.45, 7) is 6.25. The van der Waals surface area contributed by atoms with Gasteiger partial charge in [-0.25, -0.2) is 4.39 Å². The summed E-state index contributed by atoms with van der Waals surface area (Å²) >= 11 is 5.80. The van der Waals surface area contributed by atoms with E-state index < -0.39 is 0 Å². The second-order valence-electron chi connectivity index (χ2n) is 4.85. The third-order valence-electron chi connectivity index (χ3n) is 3.03. The van der Waals surface area contributed by atoms with Gasteiger partial charge in [-0.05, 0) is 24.6 Å². The lowest BCUT2D eigenvalue weighted by Gasteiger charge is -2.20. The molecule has 94 valence electrons. The van der Waals surface area contributed by atoms with Gasteiger partial charge < -0.3 is 10.2 Å². The number of nitrogens with zero attached hydrogens (tertiary/aromatic N) is 1. The Morgan fingerprint density at radius 2 is 2.24 bits per heavy atom. The van der Waals surface area contributed by atoms with E-state index in [1.165, 1.54) is 6.07 Å². The van der Waals surface area contributed by atoms with E-state index in [9.17, 15) is 4.39 Å². The highest BCUT2D eigenvalue weighted by molar-refractivity contribution is 6.31. The topological polar surface area (TPSA) is 15.3 Å². The maximum atomic E-state index is 13.1. The van der Waals surface area contributed by atoms with Crippen molar-refractivity contribution in [1.29, 1.82) is 0 Å². The Morgan fingerprint density at radius 1 is 1.47 bits per heavy atom. The van der Waals surface area contributed by atoms with Crippen molar-refractivity contribution >= 4 is 17.3 Å². The number of nitrogens with one attached hydrogen (secondary N) is 1. The SMILES string of the molecule is CC(C)NC1CCN(c2ccc(F)c(Cl)c2)C1. The standard InChI is InChI=1S/C13H18ClFN2/c1-9(2)16-10-5-6-17(8-10)11-3-4-13(15)12(14)7-11/h3-4,7,9-10,16H,5-6,8H2,1-2H3. The molecule has 1 N–H and O–H groups in total. The Hall–Kier alpha value is -0.800. The average molecular weight is 257 g/mol. The highest BCUT2D eigenvalue weighted by Crippen LogP contribution is 2.25. The van der Waals surface area contributed by atoms with Crippen LogP contribution in [0.15, 0.2) is 18.2 Å². The van der Waals surface area contributed by atoms with E-state index in [1.807, 2.05) is 0 Å². The maximum Gasteiger partial charge on any atom is 0.141 e. The number of halogens is 2. The fraction of sp³-hybridized carbons (Fsp3) is 0.538. The molecule has 1 aromatic rings. The van der Waals surface area contributed by atoms with Crippen LogP contribution in [0.1, 0.15) is 20.3 Å². The van der Waals surface area contributed by atoms with E-state index in [1.54, 1.807) is 12.1 Å².